The van der Waals surface area contributed by atoms with Crippen LogP contribution in [0.4, 0.5) is 14.5 Å². The molecule has 174 valence electrons. The maximum atomic E-state index is 14.7. The van der Waals surface area contributed by atoms with Crippen LogP contribution in [-0.4, -0.2) is 44.6 Å². The number of esters is 1. The number of hydrogen-bond acceptors (Lipinski definition) is 6. The summed E-state index contributed by atoms with van der Waals surface area (Å²) in [4.78, 5) is 14.7. The largest absolute Gasteiger partial charge is 0.486 e. The zero-order valence-electron chi connectivity index (χ0n) is 18.0. The second-order valence-corrected chi connectivity index (χ2v) is 7.70. The van der Waals surface area contributed by atoms with Crippen molar-refractivity contribution >= 4 is 29.0 Å². The van der Waals surface area contributed by atoms with Gasteiger partial charge in [-0.1, -0.05) is 6.07 Å². The number of hydrogen-bond donors (Lipinski definition) is 1. The lowest BCUT2D eigenvalue weighted by Gasteiger charge is -2.38. The van der Waals surface area contributed by atoms with Gasteiger partial charge in [-0.2, -0.15) is 0 Å². The fraction of sp³-hybridized carbons (Fsp3) is 0.304. The van der Waals surface area contributed by atoms with Gasteiger partial charge in [0.15, 0.2) is 16.6 Å². The average Bonchev–Trinajstić information content (AvgIpc) is 2.79. The first-order valence-electron chi connectivity index (χ1n) is 10.2. The molecular weight excluding hydrogens is 454 g/mol. The van der Waals surface area contributed by atoms with Crippen LogP contribution in [-0.2, 0) is 14.3 Å². The van der Waals surface area contributed by atoms with Crippen LogP contribution in [0, 0.1) is 11.6 Å². The molecule has 7 nitrogen and oxygen atoms in total. The Balaban J connectivity index is 1.80. The van der Waals surface area contributed by atoms with E-state index in [1.807, 2.05) is 0 Å². The summed E-state index contributed by atoms with van der Waals surface area (Å²) in [6, 6.07) is 7.54. The van der Waals surface area contributed by atoms with Crippen molar-refractivity contribution in [1.29, 1.82) is 0 Å². The van der Waals surface area contributed by atoms with Crippen molar-refractivity contribution in [3.63, 3.8) is 0 Å². The lowest BCUT2D eigenvalue weighted by Crippen LogP contribution is -2.48. The van der Waals surface area contributed by atoms with Gasteiger partial charge in [0.1, 0.15) is 31.5 Å². The highest BCUT2D eigenvalue weighted by Crippen LogP contribution is 2.39. The van der Waals surface area contributed by atoms with Gasteiger partial charge in [0.2, 0.25) is 0 Å². The molecule has 0 bridgehead atoms. The number of halogens is 2. The SMILES string of the molecule is COCCOC(=O)C1=C(C)N(c2ccc3c(c2)OCCO3)C(=S)N[C@@H]1c1c(F)cccc1F. The second-order valence-electron chi connectivity index (χ2n) is 7.31. The molecule has 33 heavy (non-hydrogen) atoms. The lowest BCUT2D eigenvalue weighted by atomic mass is 9.94. The molecule has 0 saturated heterocycles. The first kappa shape index (κ1) is 22.9. The summed E-state index contributed by atoms with van der Waals surface area (Å²) in [6.45, 7) is 2.65. The number of methoxy groups -OCH3 is 1. The summed E-state index contributed by atoms with van der Waals surface area (Å²) in [7, 11) is 1.47. The number of benzene rings is 2. The molecular formula is C23H22F2N2O5S. The average molecular weight is 477 g/mol. The fourth-order valence-electron chi connectivity index (χ4n) is 3.79. The highest BCUT2D eigenvalue weighted by molar-refractivity contribution is 7.80. The third-order valence-electron chi connectivity index (χ3n) is 5.30. The molecule has 4 rings (SSSR count). The van der Waals surface area contributed by atoms with Crippen molar-refractivity contribution in [3.05, 3.63) is 64.9 Å². The van der Waals surface area contributed by atoms with E-state index in [0.717, 1.165) is 12.1 Å². The maximum absolute atomic E-state index is 14.7. The quantitative estimate of drug-likeness (QED) is 0.385. The predicted molar refractivity (Wildman–Crippen MR) is 120 cm³/mol. The molecule has 2 aliphatic rings. The minimum Gasteiger partial charge on any atom is -0.486 e. The molecule has 0 saturated carbocycles. The summed E-state index contributed by atoms with van der Waals surface area (Å²) in [5.41, 5.74) is 0.660. The molecule has 0 amide bonds. The van der Waals surface area contributed by atoms with E-state index in [1.54, 1.807) is 30.0 Å². The van der Waals surface area contributed by atoms with E-state index in [4.69, 9.17) is 31.2 Å². The summed E-state index contributed by atoms with van der Waals surface area (Å²) in [6.07, 6.45) is 0. The summed E-state index contributed by atoms with van der Waals surface area (Å²) < 4.78 is 50.8. The van der Waals surface area contributed by atoms with E-state index in [-0.39, 0.29) is 29.5 Å². The summed E-state index contributed by atoms with van der Waals surface area (Å²) in [5.74, 6) is -1.24. The first-order valence-corrected chi connectivity index (χ1v) is 10.6. The molecule has 0 aliphatic carbocycles. The van der Waals surface area contributed by atoms with E-state index in [0.29, 0.717) is 36.1 Å². The number of ether oxygens (including phenoxy) is 4. The predicted octanol–water partition coefficient (Wildman–Crippen LogP) is 3.64. The number of carbonyl (C=O) groups excluding carboxylic acids is 1. The van der Waals surface area contributed by atoms with Gasteiger partial charge < -0.3 is 24.3 Å². The Kier molecular flexibility index (Phi) is 6.75. The first-order chi connectivity index (χ1) is 15.9. The van der Waals surface area contributed by atoms with Crippen LogP contribution >= 0.6 is 12.2 Å². The standard InChI is InChI=1S/C23H22F2N2O5S/c1-13-19(22(28)32-9-8-29-2)21(20-15(24)4-3-5-16(20)25)26-23(33)27(13)14-6-7-17-18(12-14)31-11-10-30-17/h3-7,12,21H,8-11H2,1-2H3,(H,26,33)/t21-/m0/s1. The Morgan fingerprint density at radius 1 is 1.15 bits per heavy atom. The van der Waals surface area contributed by atoms with Crippen LogP contribution < -0.4 is 19.7 Å². The molecule has 0 radical (unpaired) electrons. The zero-order chi connectivity index (χ0) is 23.5. The number of fused-ring (bicyclic) bond motifs is 1. The van der Waals surface area contributed by atoms with Gasteiger partial charge in [-0.25, -0.2) is 13.6 Å². The minimum atomic E-state index is -1.18. The lowest BCUT2D eigenvalue weighted by molar-refractivity contribution is -0.140. The number of thiocarbonyl (C=S) groups is 1. The fourth-order valence-corrected chi connectivity index (χ4v) is 4.15. The zero-order valence-corrected chi connectivity index (χ0v) is 18.8. The topological polar surface area (TPSA) is 69.3 Å². The van der Waals surface area contributed by atoms with Crippen molar-refractivity contribution in [3.8, 4) is 11.5 Å². The number of nitrogens with zero attached hydrogens (tertiary/aromatic N) is 1. The van der Waals surface area contributed by atoms with Crippen LogP contribution in [0.25, 0.3) is 0 Å². The monoisotopic (exact) mass is 476 g/mol. The van der Waals surface area contributed by atoms with E-state index < -0.39 is 23.6 Å². The van der Waals surface area contributed by atoms with Crippen molar-refractivity contribution < 1.29 is 32.5 Å². The van der Waals surface area contributed by atoms with Gasteiger partial charge in [-0.3, -0.25) is 4.90 Å². The Bertz CT molecular complexity index is 1100. The molecule has 0 aromatic heterocycles. The Hall–Kier alpha value is -3.24. The van der Waals surface area contributed by atoms with E-state index in [9.17, 15) is 13.6 Å². The summed E-state index contributed by atoms with van der Waals surface area (Å²) in [5, 5.41) is 3.07. The number of rotatable bonds is 6. The molecule has 0 spiro atoms. The molecule has 1 atom stereocenters. The molecule has 2 aliphatic heterocycles. The van der Waals surface area contributed by atoms with Gasteiger partial charge in [0.25, 0.3) is 0 Å². The molecule has 2 aromatic rings. The van der Waals surface area contributed by atoms with Gasteiger partial charge >= 0.3 is 5.97 Å². The van der Waals surface area contributed by atoms with Crippen molar-refractivity contribution in [2.75, 3.05) is 38.4 Å². The Morgan fingerprint density at radius 3 is 2.55 bits per heavy atom. The van der Waals surface area contributed by atoms with Crippen molar-refractivity contribution in [2.24, 2.45) is 0 Å². The second kappa shape index (κ2) is 9.72. The molecule has 10 heteroatoms. The normalized spacial score (nSPS) is 17.6. The third kappa shape index (κ3) is 4.49. The van der Waals surface area contributed by atoms with Crippen LogP contribution in [0.15, 0.2) is 47.7 Å². The van der Waals surface area contributed by atoms with E-state index in [1.165, 1.54) is 13.2 Å². The molecule has 1 N–H and O–H groups in total. The number of carbonyl (C=O) groups is 1. The van der Waals surface area contributed by atoms with Crippen LogP contribution in [0.5, 0.6) is 11.5 Å². The van der Waals surface area contributed by atoms with Crippen LogP contribution in [0.2, 0.25) is 0 Å². The molecule has 0 unspecified atom stereocenters. The Labute approximate surface area is 194 Å². The number of anilines is 1. The van der Waals surface area contributed by atoms with Crippen molar-refractivity contribution in [2.45, 2.75) is 13.0 Å². The van der Waals surface area contributed by atoms with Crippen LogP contribution in [0.3, 0.4) is 0 Å². The van der Waals surface area contributed by atoms with E-state index >= 15 is 0 Å². The number of nitrogens with one attached hydrogen (secondary N) is 1. The van der Waals surface area contributed by atoms with Gasteiger partial charge in [0, 0.05) is 18.9 Å². The number of allylic oxidation sites excluding steroid dienone is 1. The van der Waals surface area contributed by atoms with Gasteiger partial charge in [-0.15, -0.1) is 0 Å². The van der Waals surface area contributed by atoms with Gasteiger partial charge in [-0.05, 0) is 43.4 Å². The van der Waals surface area contributed by atoms with Gasteiger partial charge in [0.05, 0.1) is 29.5 Å². The minimum absolute atomic E-state index is 0.0208. The molecule has 0 fully saturated rings. The van der Waals surface area contributed by atoms with Crippen LogP contribution in [0.1, 0.15) is 18.5 Å². The Morgan fingerprint density at radius 2 is 1.85 bits per heavy atom. The third-order valence-corrected chi connectivity index (χ3v) is 5.60. The smallest absolute Gasteiger partial charge is 0.338 e. The highest BCUT2D eigenvalue weighted by atomic mass is 32.1. The van der Waals surface area contributed by atoms with Crippen molar-refractivity contribution in [1.82, 2.24) is 5.32 Å². The van der Waals surface area contributed by atoms with E-state index in [2.05, 4.69) is 5.32 Å². The summed E-state index contributed by atoms with van der Waals surface area (Å²) >= 11 is 5.54. The highest BCUT2D eigenvalue weighted by Gasteiger charge is 2.38. The molecule has 2 aromatic carbocycles. The molecule has 2 heterocycles. The maximum Gasteiger partial charge on any atom is 0.338 e.